The molecule has 0 bridgehead atoms. The van der Waals surface area contributed by atoms with Crippen molar-refractivity contribution in [2.45, 2.75) is 13.8 Å². The van der Waals surface area contributed by atoms with Crippen molar-refractivity contribution in [2.75, 3.05) is 11.9 Å². The van der Waals surface area contributed by atoms with Crippen LogP contribution in [-0.2, 0) is 9.53 Å². The highest BCUT2D eigenvalue weighted by Crippen LogP contribution is 2.22. The van der Waals surface area contributed by atoms with Gasteiger partial charge in [-0.15, -0.1) is 0 Å². The van der Waals surface area contributed by atoms with Gasteiger partial charge in [0.25, 0.3) is 5.91 Å². The van der Waals surface area contributed by atoms with E-state index in [9.17, 15) is 9.59 Å². The van der Waals surface area contributed by atoms with Gasteiger partial charge >= 0.3 is 5.97 Å². The molecule has 5 heteroatoms. The fraction of sp³-hybridized carbons (Fsp3) is 0.130. The second kappa shape index (κ2) is 8.86. The lowest BCUT2D eigenvalue weighted by molar-refractivity contribution is -0.119. The van der Waals surface area contributed by atoms with Crippen molar-refractivity contribution in [2.24, 2.45) is 0 Å². The highest BCUT2D eigenvalue weighted by molar-refractivity contribution is 5.96. The van der Waals surface area contributed by atoms with Crippen molar-refractivity contribution in [3.8, 4) is 11.5 Å². The molecule has 0 saturated carbocycles. The first kappa shape index (κ1) is 19.2. The third-order valence-corrected chi connectivity index (χ3v) is 4.13. The number of esters is 1. The molecular formula is C23H21NO4. The summed E-state index contributed by atoms with van der Waals surface area (Å²) in [6.45, 7) is 3.45. The normalized spacial score (nSPS) is 10.2. The molecule has 3 aromatic rings. The Morgan fingerprint density at radius 1 is 0.821 bits per heavy atom. The standard InChI is InChI=1S/C23H21NO4/c1-16-8-6-9-17(2)22(16)24-21(25)15-27-23(26)18-10-7-13-20(14-18)28-19-11-4-3-5-12-19/h3-14H,15H2,1-2H3,(H,24,25). The van der Waals surface area contributed by atoms with Crippen LogP contribution in [0.15, 0.2) is 72.8 Å². The van der Waals surface area contributed by atoms with Gasteiger partial charge in [0.1, 0.15) is 11.5 Å². The molecule has 0 aliphatic rings. The van der Waals surface area contributed by atoms with Gasteiger partial charge in [0.15, 0.2) is 6.61 Å². The fourth-order valence-corrected chi connectivity index (χ4v) is 2.71. The fourth-order valence-electron chi connectivity index (χ4n) is 2.71. The number of carbonyl (C=O) groups excluding carboxylic acids is 2. The van der Waals surface area contributed by atoms with E-state index in [1.54, 1.807) is 24.3 Å². The highest BCUT2D eigenvalue weighted by atomic mass is 16.5. The van der Waals surface area contributed by atoms with E-state index in [1.807, 2.05) is 62.4 Å². The number of hydrogen-bond donors (Lipinski definition) is 1. The van der Waals surface area contributed by atoms with Gasteiger partial charge in [-0.05, 0) is 55.3 Å². The minimum absolute atomic E-state index is 0.313. The molecule has 0 radical (unpaired) electrons. The number of para-hydroxylation sites is 2. The lowest BCUT2D eigenvalue weighted by Gasteiger charge is -2.12. The summed E-state index contributed by atoms with van der Waals surface area (Å²) in [5, 5.41) is 2.79. The molecule has 0 spiro atoms. The molecular weight excluding hydrogens is 354 g/mol. The molecule has 0 aliphatic heterocycles. The molecule has 3 aromatic carbocycles. The summed E-state index contributed by atoms with van der Waals surface area (Å²) in [4.78, 5) is 24.4. The summed E-state index contributed by atoms with van der Waals surface area (Å²) < 4.78 is 10.9. The molecule has 1 N–H and O–H groups in total. The number of amides is 1. The van der Waals surface area contributed by atoms with Crippen LogP contribution in [0.2, 0.25) is 0 Å². The summed E-state index contributed by atoms with van der Waals surface area (Å²) in [6.07, 6.45) is 0. The van der Waals surface area contributed by atoms with E-state index in [1.165, 1.54) is 0 Å². The van der Waals surface area contributed by atoms with E-state index in [0.717, 1.165) is 16.8 Å². The quantitative estimate of drug-likeness (QED) is 0.623. The third-order valence-electron chi connectivity index (χ3n) is 4.13. The first-order chi connectivity index (χ1) is 13.5. The first-order valence-electron chi connectivity index (χ1n) is 8.89. The zero-order chi connectivity index (χ0) is 19.9. The summed E-state index contributed by atoms with van der Waals surface area (Å²) >= 11 is 0. The third kappa shape index (κ3) is 4.98. The van der Waals surface area contributed by atoms with E-state index in [-0.39, 0.29) is 12.5 Å². The molecule has 0 aromatic heterocycles. The van der Waals surface area contributed by atoms with Crippen LogP contribution in [0.1, 0.15) is 21.5 Å². The van der Waals surface area contributed by atoms with Crippen LogP contribution in [0.25, 0.3) is 0 Å². The molecule has 28 heavy (non-hydrogen) atoms. The molecule has 0 unspecified atom stereocenters. The molecule has 0 heterocycles. The molecule has 0 fully saturated rings. The molecule has 0 atom stereocenters. The van der Waals surface area contributed by atoms with Crippen LogP contribution in [-0.4, -0.2) is 18.5 Å². The van der Waals surface area contributed by atoms with Crippen LogP contribution < -0.4 is 10.1 Å². The Morgan fingerprint density at radius 3 is 2.18 bits per heavy atom. The van der Waals surface area contributed by atoms with Crippen molar-refractivity contribution < 1.29 is 19.1 Å². The average Bonchev–Trinajstić information content (AvgIpc) is 2.70. The van der Waals surface area contributed by atoms with E-state index >= 15 is 0 Å². The van der Waals surface area contributed by atoms with Gasteiger partial charge < -0.3 is 14.8 Å². The zero-order valence-electron chi connectivity index (χ0n) is 15.8. The van der Waals surface area contributed by atoms with Crippen molar-refractivity contribution in [3.05, 3.63) is 89.5 Å². The minimum atomic E-state index is -0.588. The topological polar surface area (TPSA) is 64.6 Å². The number of hydrogen-bond acceptors (Lipinski definition) is 4. The van der Waals surface area contributed by atoms with E-state index in [0.29, 0.717) is 17.1 Å². The Bertz CT molecular complexity index is 963. The molecule has 5 nitrogen and oxygen atoms in total. The van der Waals surface area contributed by atoms with Crippen molar-refractivity contribution >= 4 is 17.6 Å². The SMILES string of the molecule is Cc1cccc(C)c1NC(=O)COC(=O)c1cccc(Oc2ccccc2)c1. The van der Waals surface area contributed by atoms with Gasteiger partial charge in [-0.2, -0.15) is 0 Å². The van der Waals surface area contributed by atoms with Gasteiger partial charge in [-0.25, -0.2) is 4.79 Å². The van der Waals surface area contributed by atoms with Crippen LogP contribution >= 0.6 is 0 Å². The summed E-state index contributed by atoms with van der Waals surface area (Å²) in [7, 11) is 0. The number of aryl methyl sites for hydroxylation is 2. The number of ether oxygens (including phenoxy) is 2. The Hall–Kier alpha value is -3.60. The molecule has 1 amide bonds. The lowest BCUT2D eigenvalue weighted by Crippen LogP contribution is -2.21. The van der Waals surface area contributed by atoms with Gasteiger partial charge in [-0.3, -0.25) is 4.79 Å². The Labute approximate surface area is 163 Å². The second-order valence-corrected chi connectivity index (χ2v) is 6.33. The number of benzene rings is 3. The zero-order valence-corrected chi connectivity index (χ0v) is 15.8. The van der Waals surface area contributed by atoms with Gasteiger partial charge in [-0.1, -0.05) is 42.5 Å². The van der Waals surface area contributed by atoms with Crippen LogP contribution in [0, 0.1) is 13.8 Å². The largest absolute Gasteiger partial charge is 0.457 e. The number of anilines is 1. The summed E-state index contributed by atoms with van der Waals surface area (Å²) in [5.41, 5.74) is 2.95. The maximum Gasteiger partial charge on any atom is 0.338 e. The Balaban J connectivity index is 1.59. The molecule has 0 aliphatic carbocycles. The predicted molar refractivity (Wildman–Crippen MR) is 108 cm³/mol. The first-order valence-corrected chi connectivity index (χ1v) is 8.89. The van der Waals surface area contributed by atoms with Crippen LogP contribution in [0.4, 0.5) is 5.69 Å². The van der Waals surface area contributed by atoms with E-state index in [4.69, 9.17) is 9.47 Å². The molecule has 0 saturated heterocycles. The smallest absolute Gasteiger partial charge is 0.338 e. The summed E-state index contributed by atoms with van der Waals surface area (Å²) in [6, 6.07) is 21.6. The van der Waals surface area contributed by atoms with Gasteiger partial charge in [0, 0.05) is 5.69 Å². The average molecular weight is 375 g/mol. The van der Waals surface area contributed by atoms with E-state index < -0.39 is 5.97 Å². The number of rotatable bonds is 6. The van der Waals surface area contributed by atoms with Crippen molar-refractivity contribution in [3.63, 3.8) is 0 Å². The molecule has 142 valence electrons. The second-order valence-electron chi connectivity index (χ2n) is 6.33. The van der Waals surface area contributed by atoms with E-state index in [2.05, 4.69) is 5.32 Å². The van der Waals surface area contributed by atoms with Gasteiger partial charge in [0.05, 0.1) is 5.56 Å². The highest BCUT2D eigenvalue weighted by Gasteiger charge is 2.13. The van der Waals surface area contributed by atoms with Crippen molar-refractivity contribution in [1.29, 1.82) is 0 Å². The van der Waals surface area contributed by atoms with Crippen molar-refractivity contribution in [1.82, 2.24) is 0 Å². The monoisotopic (exact) mass is 375 g/mol. The number of carbonyl (C=O) groups is 2. The maximum absolute atomic E-state index is 12.3. The predicted octanol–water partition coefficient (Wildman–Crippen LogP) is 4.89. The lowest BCUT2D eigenvalue weighted by atomic mass is 10.1. The van der Waals surface area contributed by atoms with Gasteiger partial charge in [0.2, 0.25) is 0 Å². The van der Waals surface area contributed by atoms with Crippen LogP contribution in [0.3, 0.4) is 0 Å². The maximum atomic E-state index is 12.3. The minimum Gasteiger partial charge on any atom is -0.457 e. The Morgan fingerprint density at radius 2 is 1.46 bits per heavy atom. The summed E-state index contributed by atoms with van der Waals surface area (Å²) in [5.74, 6) is 0.208. The molecule has 3 rings (SSSR count). The number of nitrogens with one attached hydrogen (secondary N) is 1. The van der Waals surface area contributed by atoms with Crippen LogP contribution in [0.5, 0.6) is 11.5 Å². The Kier molecular flexibility index (Phi) is 6.07.